The molecule has 0 amide bonds. The lowest BCUT2D eigenvalue weighted by atomic mass is 9.92. The molecule has 0 aliphatic carbocycles. The summed E-state index contributed by atoms with van der Waals surface area (Å²) in [6.45, 7) is 6.70. The maximum atomic E-state index is 3.35. The van der Waals surface area contributed by atoms with Crippen LogP contribution in [0, 0.1) is 13.0 Å². The van der Waals surface area contributed by atoms with Gasteiger partial charge < -0.3 is 0 Å². The number of benzene rings is 2. The summed E-state index contributed by atoms with van der Waals surface area (Å²) in [6, 6.07) is 18.4. The fraction of sp³-hybridized carbons (Fsp3) is 0.333. The van der Waals surface area contributed by atoms with Crippen molar-refractivity contribution in [2.24, 2.45) is 0 Å². The molecule has 0 saturated heterocycles. The number of hydrogen-bond acceptors (Lipinski definition) is 0. The van der Waals surface area contributed by atoms with Crippen molar-refractivity contribution in [3.63, 3.8) is 0 Å². The quantitative estimate of drug-likeness (QED) is 0.671. The topological polar surface area (TPSA) is 0 Å². The summed E-state index contributed by atoms with van der Waals surface area (Å²) in [7, 11) is 0. The first kappa shape index (κ1) is 12.9. The second-order valence-corrected chi connectivity index (χ2v) is 5.04. The van der Waals surface area contributed by atoms with Crippen molar-refractivity contribution in [1.29, 1.82) is 0 Å². The van der Waals surface area contributed by atoms with Gasteiger partial charge >= 0.3 is 0 Å². The third-order valence-corrected chi connectivity index (χ3v) is 3.53. The van der Waals surface area contributed by atoms with Gasteiger partial charge in [0.2, 0.25) is 0 Å². The Bertz CT molecular complexity index is 511. The molecule has 0 aromatic heterocycles. The molecular formula is C18H21. The lowest BCUT2D eigenvalue weighted by Gasteiger charge is -2.13. The van der Waals surface area contributed by atoms with Crippen LogP contribution in [0.3, 0.4) is 0 Å². The molecule has 1 radical (unpaired) electrons. The molecule has 0 fully saturated rings. The van der Waals surface area contributed by atoms with Crippen molar-refractivity contribution in [1.82, 2.24) is 0 Å². The van der Waals surface area contributed by atoms with Gasteiger partial charge in [-0.2, -0.15) is 0 Å². The van der Waals surface area contributed by atoms with Gasteiger partial charge in [0, 0.05) is 0 Å². The van der Waals surface area contributed by atoms with Gasteiger partial charge in [-0.25, -0.2) is 0 Å². The Balaban J connectivity index is 2.36. The normalized spacial score (nSPS) is 12.4. The third kappa shape index (κ3) is 2.81. The summed E-state index contributed by atoms with van der Waals surface area (Å²) in [6.07, 6.45) is 2.49. The summed E-state index contributed by atoms with van der Waals surface area (Å²) < 4.78 is 0. The van der Waals surface area contributed by atoms with Crippen LogP contribution in [0.15, 0.2) is 42.5 Å². The van der Waals surface area contributed by atoms with Crippen LogP contribution in [-0.4, -0.2) is 0 Å². The highest BCUT2D eigenvalue weighted by Gasteiger charge is 2.07. The molecule has 0 heteroatoms. The molecule has 2 aromatic carbocycles. The van der Waals surface area contributed by atoms with Gasteiger partial charge in [0.05, 0.1) is 0 Å². The van der Waals surface area contributed by atoms with Crippen LogP contribution >= 0.6 is 0 Å². The molecule has 0 N–H and O–H groups in total. The summed E-state index contributed by atoms with van der Waals surface area (Å²) in [5.74, 6) is 0.638. The van der Waals surface area contributed by atoms with Crippen molar-refractivity contribution >= 4 is 0 Å². The second kappa shape index (κ2) is 5.86. The van der Waals surface area contributed by atoms with Gasteiger partial charge in [-0.05, 0) is 47.6 Å². The maximum Gasteiger partial charge on any atom is -0.00758 e. The Kier molecular flexibility index (Phi) is 4.19. The van der Waals surface area contributed by atoms with E-state index in [0.717, 1.165) is 0 Å². The molecule has 2 rings (SSSR count). The van der Waals surface area contributed by atoms with E-state index in [1.165, 1.54) is 35.1 Å². The predicted molar refractivity (Wildman–Crippen MR) is 78.8 cm³/mol. The Morgan fingerprint density at radius 1 is 1.17 bits per heavy atom. The van der Waals surface area contributed by atoms with Crippen LogP contribution in [0.1, 0.15) is 43.7 Å². The molecule has 0 aliphatic rings. The molecule has 0 spiro atoms. The molecule has 0 saturated carbocycles. The first-order valence-corrected chi connectivity index (χ1v) is 6.80. The van der Waals surface area contributed by atoms with Crippen LogP contribution < -0.4 is 0 Å². The van der Waals surface area contributed by atoms with Gasteiger partial charge in [0.25, 0.3) is 0 Å². The predicted octanol–water partition coefficient (Wildman–Crippen LogP) is 5.37. The van der Waals surface area contributed by atoms with E-state index in [2.05, 4.69) is 57.2 Å². The number of rotatable bonds is 4. The Morgan fingerprint density at radius 3 is 2.72 bits per heavy atom. The van der Waals surface area contributed by atoms with Crippen molar-refractivity contribution in [3.8, 4) is 11.1 Å². The lowest BCUT2D eigenvalue weighted by Crippen LogP contribution is -1.93. The van der Waals surface area contributed by atoms with E-state index in [1.54, 1.807) is 0 Å². The zero-order valence-electron chi connectivity index (χ0n) is 11.5. The molecule has 1 unspecified atom stereocenters. The maximum absolute atomic E-state index is 3.35. The highest BCUT2D eigenvalue weighted by atomic mass is 14.1. The molecule has 1 atom stereocenters. The minimum absolute atomic E-state index is 0.638. The summed E-state index contributed by atoms with van der Waals surface area (Å²) in [5, 5.41) is 0. The monoisotopic (exact) mass is 237 g/mol. The molecule has 18 heavy (non-hydrogen) atoms. The minimum atomic E-state index is 0.638. The van der Waals surface area contributed by atoms with Gasteiger partial charge in [0.1, 0.15) is 0 Å². The number of hydrogen-bond donors (Lipinski definition) is 0. The molecular weight excluding hydrogens is 216 g/mol. The average Bonchev–Trinajstić information content (AvgIpc) is 2.40. The SMILES string of the molecule is CCCC(C)c1cccc(-c2[c]cccc2C)c1. The highest BCUT2D eigenvalue weighted by molar-refractivity contribution is 5.67. The summed E-state index contributed by atoms with van der Waals surface area (Å²) in [4.78, 5) is 0. The Morgan fingerprint density at radius 2 is 2.00 bits per heavy atom. The Hall–Kier alpha value is -1.56. The van der Waals surface area contributed by atoms with Crippen molar-refractivity contribution in [3.05, 3.63) is 59.7 Å². The van der Waals surface area contributed by atoms with Gasteiger partial charge in [-0.3, -0.25) is 0 Å². The zero-order chi connectivity index (χ0) is 13.0. The van der Waals surface area contributed by atoms with Crippen LogP contribution in [0.25, 0.3) is 11.1 Å². The van der Waals surface area contributed by atoms with E-state index >= 15 is 0 Å². The van der Waals surface area contributed by atoms with Crippen molar-refractivity contribution in [2.75, 3.05) is 0 Å². The minimum Gasteiger partial charge on any atom is -0.0654 e. The van der Waals surface area contributed by atoms with E-state index in [0.29, 0.717) is 5.92 Å². The van der Waals surface area contributed by atoms with Crippen LogP contribution in [-0.2, 0) is 0 Å². The molecule has 2 aromatic rings. The first-order valence-electron chi connectivity index (χ1n) is 6.80. The zero-order valence-corrected chi connectivity index (χ0v) is 11.5. The second-order valence-electron chi connectivity index (χ2n) is 5.04. The highest BCUT2D eigenvalue weighted by Crippen LogP contribution is 2.27. The van der Waals surface area contributed by atoms with E-state index in [1.807, 2.05) is 12.1 Å². The molecule has 0 nitrogen and oxygen atoms in total. The fourth-order valence-electron chi connectivity index (χ4n) is 2.43. The summed E-state index contributed by atoms with van der Waals surface area (Å²) in [5.41, 5.74) is 5.24. The molecule has 0 aliphatic heterocycles. The van der Waals surface area contributed by atoms with E-state index < -0.39 is 0 Å². The summed E-state index contributed by atoms with van der Waals surface area (Å²) >= 11 is 0. The Labute approximate surface area is 111 Å². The van der Waals surface area contributed by atoms with E-state index in [4.69, 9.17) is 0 Å². The van der Waals surface area contributed by atoms with Gasteiger partial charge in [0.15, 0.2) is 0 Å². The van der Waals surface area contributed by atoms with Crippen LogP contribution in [0.4, 0.5) is 0 Å². The van der Waals surface area contributed by atoms with Crippen molar-refractivity contribution < 1.29 is 0 Å². The molecule has 93 valence electrons. The molecule has 0 bridgehead atoms. The van der Waals surface area contributed by atoms with Crippen molar-refractivity contribution in [2.45, 2.75) is 39.5 Å². The van der Waals surface area contributed by atoms with E-state index in [-0.39, 0.29) is 0 Å². The van der Waals surface area contributed by atoms with Crippen LogP contribution in [0.2, 0.25) is 0 Å². The lowest BCUT2D eigenvalue weighted by molar-refractivity contribution is 0.665. The molecule has 0 heterocycles. The number of aryl methyl sites for hydroxylation is 1. The third-order valence-electron chi connectivity index (χ3n) is 3.53. The largest absolute Gasteiger partial charge is 0.0654 e. The van der Waals surface area contributed by atoms with E-state index in [9.17, 15) is 0 Å². The van der Waals surface area contributed by atoms with Gasteiger partial charge in [-0.15, -0.1) is 0 Å². The van der Waals surface area contributed by atoms with Gasteiger partial charge in [-0.1, -0.05) is 62.7 Å². The standard InChI is InChI=1S/C18H21/c1-4-8-14(2)16-10-7-11-17(13-16)18-12-6-5-9-15(18)3/h5-7,9-11,13-14H,4,8H2,1-3H3. The smallest absolute Gasteiger partial charge is 0.00758 e. The fourth-order valence-corrected chi connectivity index (χ4v) is 2.43. The average molecular weight is 237 g/mol. The van der Waals surface area contributed by atoms with Crippen LogP contribution in [0.5, 0.6) is 0 Å². The first-order chi connectivity index (χ1) is 8.72.